The highest BCUT2D eigenvalue weighted by Gasteiger charge is 2.29. The number of benzene rings is 1. The fraction of sp³-hybridized carbons (Fsp3) is 0.500. The largest absolute Gasteiger partial charge is 0.384 e. The number of amides is 1. The number of rotatable bonds is 2. The number of carbonyl (C=O) groups is 1. The van der Waals surface area contributed by atoms with Crippen LogP contribution in [0.4, 0.5) is 5.69 Å². The lowest BCUT2D eigenvalue weighted by molar-refractivity contribution is -0.122. The molecule has 2 N–H and O–H groups in total. The molecule has 1 saturated heterocycles. The second kappa shape index (κ2) is 5.22. The van der Waals surface area contributed by atoms with Crippen molar-refractivity contribution in [1.29, 1.82) is 0 Å². The summed E-state index contributed by atoms with van der Waals surface area (Å²) >= 11 is 1.98. The second-order valence-electron chi connectivity index (χ2n) is 4.92. The van der Waals surface area contributed by atoms with Gasteiger partial charge < -0.3 is 10.6 Å². The molecule has 1 fully saturated rings. The van der Waals surface area contributed by atoms with Gasteiger partial charge in [0.15, 0.2) is 0 Å². The molecule has 2 aliphatic rings. The van der Waals surface area contributed by atoms with Crippen molar-refractivity contribution in [2.75, 3.05) is 23.4 Å². The smallest absolute Gasteiger partial charge is 0.229 e. The topological polar surface area (TPSA) is 41.1 Å². The zero-order chi connectivity index (χ0) is 12.4. The molecule has 1 atom stereocenters. The van der Waals surface area contributed by atoms with E-state index >= 15 is 0 Å². The summed E-state index contributed by atoms with van der Waals surface area (Å²) in [6, 6.07) is 8.48. The molecule has 4 heteroatoms. The van der Waals surface area contributed by atoms with E-state index in [1.165, 1.54) is 11.5 Å². The quantitative estimate of drug-likeness (QED) is 0.858. The Morgan fingerprint density at radius 3 is 2.89 bits per heavy atom. The van der Waals surface area contributed by atoms with Crippen molar-refractivity contribution in [3.8, 4) is 0 Å². The number of hydrogen-bond donors (Lipinski definition) is 2. The molecule has 3 rings (SSSR count). The van der Waals surface area contributed by atoms with Crippen LogP contribution in [0.3, 0.4) is 0 Å². The van der Waals surface area contributed by atoms with Crippen LogP contribution in [0, 0.1) is 0 Å². The number of para-hydroxylation sites is 1. The Kier molecular flexibility index (Phi) is 3.46. The summed E-state index contributed by atoms with van der Waals surface area (Å²) in [7, 11) is 0. The molecule has 3 nitrogen and oxygen atoms in total. The molecule has 1 amide bonds. The van der Waals surface area contributed by atoms with Gasteiger partial charge in [0, 0.05) is 18.3 Å². The number of hydrogen-bond acceptors (Lipinski definition) is 3. The second-order valence-corrected chi connectivity index (χ2v) is 6.14. The van der Waals surface area contributed by atoms with Crippen LogP contribution in [0.15, 0.2) is 24.3 Å². The van der Waals surface area contributed by atoms with Gasteiger partial charge in [0.25, 0.3) is 0 Å². The van der Waals surface area contributed by atoms with Gasteiger partial charge in [-0.15, -0.1) is 0 Å². The maximum atomic E-state index is 12.3. The number of nitrogens with one attached hydrogen (secondary N) is 2. The third-order valence-electron chi connectivity index (χ3n) is 3.72. The highest BCUT2D eigenvalue weighted by atomic mass is 32.2. The summed E-state index contributed by atoms with van der Waals surface area (Å²) in [6.45, 7) is 0.729. The van der Waals surface area contributed by atoms with Crippen LogP contribution < -0.4 is 10.6 Å². The first kappa shape index (κ1) is 11.9. The lowest BCUT2D eigenvalue weighted by Crippen LogP contribution is -2.40. The molecular formula is C14H18N2OS. The highest BCUT2D eigenvalue weighted by molar-refractivity contribution is 7.99. The molecule has 0 bridgehead atoms. The Hall–Kier alpha value is -1.16. The molecule has 0 aliphatic carbocycles. The van der Waals surface area contributed by atoms with Crippen molar-refractivity contribution in [3.63, 3.8) is 0 Å². The molecular weight excluding hydrogens is 244 g/mol. The summed E-state index contributed by atoms with van der Waals surface area (Å²) in [5, 5.41) is 6.51. The molecule has 96 valence electrons. The van der Waals surface area contributed by atoms with E-state index in [9.17, 15) is 4.79 Å². The van der Waals surface area contributed by atoms with Gasteiger partial charge in [-0.2, -0.15) is 11.8 Å². The van der Waals surface area contributed by atoms with Gasteiger partial charge in [-0.3, -0.25) is 4.79 Å². The van der Waals surface area contributed by atoms with Crippen molar-refractivity contribution >= 4 is 23.4 Å². The van der Waals surface area contributed by atoms with Crippen LogP contribution >= 0.6 is 11.8 Å². The van der Waals surface area contributed by atoms with Crippen molar-refractivity contribution in [2.45, 2.75) is 24.8 Å². The third-order valence-corrected chi connectivity index (χ3v) is 4.77. The lowest BCUT2D eigenvalue weighted by atomic mass is 9.99. The van der Waals surface area contributed by atoms with Crippen molar-refractivity contribution in [3.05, 3.63) is 29.8 Å². The summed E-state index contributed by atoms with van der Waals surface area (Å²) in [5.74, 6) is 2.51. The minimum Gasteiger partial charge on any atom is -0.384 e. The fourth-order valence-corrected chi connectivity index (χ4v) is 3.77. The maximum absolute atomic E-state index is 12.3. The zero-order valence-corrected chi connectivity index (χ0v) is 11.1. The summed E-state index contributed by atoms with van der Waals surface area (Å²) < 4.78 is 0. The Morgan fingerprint density at radius 1 is 1.28 bits per heavy atom. The average Bonchev–Trinajstić information content (AvgIpc) is 2.84. The molecule has 0 spiro atoms. The molecule has 0 radical (unpaired) electrons. The van der Waals surface area contributed by atoms with Gasteiger partial charge in [-0.05, 0) is 36.0 Å². The van der Waals surface area contributed by atoms with Crippen molar-refractivity contribution in [2.24, 2.45) is 0 Å². The molecule has 0 saturated carbocycles. The summed E-state index contributed by atoms with van der Waals surface area (Å²) in [5.41, 5.74) is 2.25. The Morgan fingerprint density at radius 2 is 2.06 bits per heavy atom. The van der Waals surface area contributed by atoms with Gasteiger partial charge in [0.2, 0.25) is 5.91 Å². The Bertz CT molecular complexity index is 443. The predicted molar refractivity (Wildman–Crippen MR) is 76.2 cm³/mol. The van der Waals surface area contributed by atoms with E-state index in [4.69, 9.17) is 0 Å². The molecule has 2 heterocycles. The van der Waals surface area contributed by atoms with E-state index in [0.717, 1.165) is 30.6 Å². The van der Waals surface area contributed by atoms with Crippen LogP contribution in [0.2, 0.25) is 0 Å². The number of thioether (sulfide) groups is 1. The van der Waals surface area contributed by atoms with Crippen LogP contribution in [0.1, 0.15) is 24.3 Å². The number of anilines is 1. The van der Waals surface area contributed by atoms with Crippen LogP contribution in [0.25, 0.3) is 0 Å². The molecule has 2 aliphatic heterocycles. The van der Waals surface area contributed by atoms with Gasteiger partial charge in [-0.25, -0.2) is 0 Å². The van der Waals surface area contributed by atoms with Crippen LogP contribution in [-0.2, 0) is 4.79 Å². The van der Waals surface area contributed by atoms with Gasteiger partial charge >= 0.3 is 0 Å². The molecule has 1 unspecified atom stereocenters. The van der Waals surface area contributed by atoms with Gasteiger partial charge in [0.1, 0.15) is 0 Å². The van der Waals surface area contributed by atoms with Gasteiger partial charge in [-0.1, -0.05) is 18.2 Å². The van der Waals surface area contributed by atoms with E-state index in [1.807, 2.05) is 30.0 Å². The Labute approximate surface area is 112 Å². The minimum atomic E-state index is -0.0178. The lowest BCUT2D eigenvalue weighted by Gasteiger charge is -2.24. The van der Waals surface area contributed by atoms with Crippen LogP contribution in [-0.4, -0.2) is 30.0 Å². The van der Waals surface area contributed by atoms with E-state index < -0.39 is 0 Å². The van der Waals surface area contributed by atoms with Crippen LogP contribution in [0.5, 0.6) is 0 Å². The first-order chi connectivity index (χ1) is 8.84. The first-order valence-corrected chi connectivity index (χ1v) is 7.71. The molecule has 1 aromatic rings. The molecule has 0 aromatic heterocycles. The zero-order valence-electron chi connectivity index (χ0n) is 10.3. The van der Waals surface area contributed by atoms with Crippen molar-refractivity contribution < 1.29 is 4.79 Å². The summed E-state index contributed by atoms with van der Waals surface area (Å²) in [6.07, 6.45) is 2.22. The SMILES string of the molecule is O=C(NC1CCSCC1)C1CNc2ccccc21. The fourth-order valence-electron chi connectivity index (χ4n) is 2.66. The van der Waals surface area contributed by atoms with E-state index in [1.54, 1.807) is 0 Å². The summed E-state index contributed by atoms with van der Waals surface area (Å²) in [4.78, 5) is 12.3. The van der Waals surface area contributed by atoms with Gasteiger partial charge in [0.05, 0.1) is 5.92 Å². The first-order valence-electron chi connectivity index (χ1n) is 6.55. The van der Waals surface area contributed by atoms with E-state index in [0.29, 0.717) is 6.04 Å². The Balaban J connectivity index is 1.67. The number of fused-ring (bicyclic) bond motifs is 1. The minimum absolute atomic E-state index is 0.0178. The molecule has 1 aromatic carbocycles. The maximum Gasteiger partial charge on any atom is 0.229 e. The molecule has 18 heavy (non-hydrogen) atoms. The van der Waals surface area contributed by atoms with E-state index in [-0.39, 0.29) is 11.8 Å². The van der Waals surface area contributed by atoms with Crippen molar-refractivity contribution in [1.82, 2.24) is 5.32 Å². The monoisotopic (exact) mass is 262 g/mol. The third kappa shape index (κ3) is 2.34. The average molecular weight is 262 g/mol. The predicted octanol–water partition coefficient (Wildman–Crippen LogP) is 2.21. The van der Waals surface area contributed by atoms with E-state index in [2.05, 4.69) is 16.7 Å². The normalized spacial score (nSPS) is 23.2. The highest BCUT2D eigenvalue weighted by Crippen LogP contribution is 2.31. The number of carbonyl (C=O) groups excluding carboxylic acids is 1. The standard InChI is InChI=1S/C14H18N2OS/c17-14(16-10-5-7-18-8-6-10)12-9-15-13-4-2-1-3-11(12)13/h1-4,10,12,15H,5-9H2,(H,16,17).